The summed E-state index contributed by atoms with van der Waals surface area (Å²) in [6.07, 6.45) is -4.54. The first kappa shape index (κ1) is 20.3. The van der Waals surface area contributed by atoms with Gasteiger partial charge in [0.1, 0.15) is 0 Å². The van der Waals surface area contributed by atoms with Crippen molar-refractivity contribution in [3.8, 4) is 0 Å². The summed E-state index contributed by atoms with van der Waals surface area (Å²) < 4.78 is 64.1. The van der Waals surface area contributed by atoms with Gasteiger partial charge in [-0.05, 0) is 23.8 Å². The van der Waals surface area contributed by atoms with Crippen molar-refractivity contribution in [2.45, 2.75) is 17.6 Å². The predicted molar refractivity (Wildman–Crippen MR) is 85.2 cm³/mol. The molecule has 2 aromatic carbocycles. The van der Waals surface area contributed by atoms with Crippen molar-refractivity contribution in [2.75, 3.05) is 0 Å². The van der Waals surface area contributed by atoms with Crippen LogP contribution in [0.3, 0.4) is 0 Å². The molecule has 0 aliphatic rings. The number of hydrogen-bond acceptors (Lipinski definition) is 6. The smallest absolute Gasteiger partial charge is 0.258 e. The molecule has 0 radical (unpaired) electrons. The lowest BCUT2D eigenvalue weighted by atomic mass is 10.1. The van der Waals surface area contributed by atoms with Gasteiger partial charge in [0, 0.05) is 12.6 Å². The van der Waals surface area contributed by atoms with Gasteiger partial charge in [-0.3, -0.25) is 20.2 Å². The zero-order valence-electron chi connectivity index (χ0n) is 13.1. The van der Waals surface area contributed by atoms with Crippen molar-refractivity contribution in [1.29, 1.82) is 0 Å². The van der Waals surface area contributed by atoms with Crippen molar-refractivity contribution in [3.63, 3.8) is 0 Å². The SMILES string of the molecule is O=[N+]([O-])c1ccc(S(=O)(=O)NCc2ccc(C(F)(F)F)cc2)c([N+](=O)[O-])c1. The number of nitrogens with one attached hydrogen (secondary N) is 1. The first-order valence-electron chi connectivity index (χ1n) is 7.00. The van der Waals surface area contributed by atoms with Crippen molar-refractivity contribution in [1.82, 2.24) is 4.72 Å². The van der Waals surface area contributed by atoms with E-state index in [0.717, 1.165) is 30.3 Å². The Morgan fingerprint density at radius 3 is 2.04 bits per heavy atom. The monoisotopic (exact) mass is 405 g/mol. The summed E-state index contributed by atoms with van der Waals surface area (Å²) in [5.41, 5.74) is -2.40. The van der Waals surface area contributed by atoms with E-state index in [1.807, 2.05) is 4.72 Å². The van der Waals surface area contributed by atoms with E-state index in [0.29, 0.717) is 12.1 Å². The standard InChI is InChI=1S/C14H10F3N3O6S/c15-14(16,17)10-3-1-9(2-4-10)8-18-27(25,26)13-6-5-11(19(21)22)7-12(13)20(23)24/h1-7,18H,8H2. The first-order valence-corrected chi connectivity index (χ1v) is 8.49. The Labute approximate surface area is 149 Å². The van der Waals surface area contributed by atoms with Crippen LogP contribution in [-0.2, 0) is 22.7 Å². The number of halogens is 3. The first-order chi connectivity index (χ1) is 12.4. The highest BCUT2D eigenvalue weighted by atomic mass is 32.2. The molecule has 0 saturated carbocycles. The van der Waals surface area contributed by atoms with E-state index in [4.69, 9.17) is 0 Å². The van der Waals surface area contributed by atoms with Gasteiger partial charge in [-0.1, -0.05) is 12.1 Å². The van der Waals surface area contributed by atoms with Crippen LogP contribution in [0.2, 0.25) is 0 Å². The lowest BCUT2D eigenvalue weighted by molar-refractivity contribution is -0.396. The van der Waals surface area contributed by atoms with Gasteiger partial charge < -0.3 is 0 Å². The van der Waals surface area contributed by atoms with Gasteiger partial charge in [0.15, 0.2) is 4.90 Å². The summed E-state index contributed by atoms with van der Waals surface area (Å²) in [6, 6.07) is 5.64. The molecule has 0 aliphatic heterocycles. The molecule has 2 aromatic rings. The Morgan fingerprint density at radius 2 is 1.56 bits per heavy atom. The molecule has 0 bridgehead atoms. The van der Waals surface area contributed by atoms with E-state index in [1.54, 1.807) is 0 Å². The molecule has 1 N–H and O–H groups in total. The third-order valence-electron chi connectivity index (χ3n) is 3.39. The zero-order valence-corrected chi connectivity index (χ0v) is 14.0. The summed E-state index contributed by atoms with van der Waals surface area (Å²) in [7, 11) is -4.45. The largest absolute Gasteiger partial charge is 0.416 e. The summed E-state index contributed by atoms with van der Waals surface area (Å²) >= 11 is 0. The molecule has 0 amide bonds. The zero-order chi connectivity index (χ0) is 20.4. The number of benzene rings is 2. The maximum atomic E-state index is 12.5. The van der Waals surface area contributed by atoms with Crippen LogP contribution < -0.4 is 4.72 Å². The molecule has 2 rings (SSSR count). The molecule has 144 valence electrons. The van der Waals surface area contributed by atoms with E-state index < -0.39 is 54.4 Å². The van der Waals surface area contributed by atoms with Gasteiger partial charge in [0.2, 0.25) is 10.0 Å². The molecule has 0 spiro atoms. The topological polar surface area (TPSA) is 132 Å². The van der Waals surface area contributed by atoms with Crippen molar-refractivity contribution < 1.29 is 31.4 Å². The average molecular weight is 405 g/mol. The molecule has 0 atom stereocenters. The summed E-state index contributed by atoms with van der Waals surface area (Å²) in [6.45, 7) is -0.436. The third kappa shape index (κ3) is 4.77. The lowest BCUT2D eigenvalue weighted by Gasteiger charge is -2.09. The number of rotatable bonds is 6. The van der Waals surface area contributed by atoms with Crippen LogP contribution >= 0.6 is 0 Å². The normalized spacial score (nSPS) is 12.0. The van der Waals surface area contributed by atoms with Crippen LogP contribution in [0.5, 0.6) is 0 Å². The maximum Gasteiger partial charge on any atom is 0.416 e. The van der Waals surface area contributed by atoms with Crippen LogP contribution in [0.15, 0.2) is 47.4 Å². The van der Waals surface area contributed by atoms with Crippen LogP contribution in [0.25, 0.3) is 0 Å². The number of non-ortho nitro benzene ring substituents is 1. The highest BCUT2D eigenvalue weighted by Gasteiger charge is 2.30. The van der Waals surface area contributed by atoms with Crippen molar-refractivity contribution in [3.05, 3.63) is 73.8 Å². The summed E-state index contributed by atoms with van der Waals surface area (Å²) in [5.74, 6) is 0. The molecule has 13 heteroatoms. The van der Waals surface area contributed by atoms with Gasteiger partial charge in [-0.2, -0.15) is 13.2 Å². The highest BCUT2D eigenvalue weighted by Crippen LogP contribution is 2.30. The highest BCUT2D eigenvalue weighted by molar-refractivity contribution is 7.89. The number of nitro groups is 2. The van der Waals surface area contributed by atoms with Crippen LogP contribution in [0.4, 0.5) is 24.5 Å². The van der Waals surface area contributed by atoms with E-state index in [-0.39, 0.29) is 5.56 Å². The van der Waals surface area contributed by atoms with Gasteiger partial charge in [0.05, 0.1) is 21.5 Å². The Hall–Kier alpha value is -3.06. The Morgan fingerprint density at radius 1 is 0.963 bits per heavy atom. The summed E-state index contributed by atoms with van der Waals surface area (Å²) in [5, 5.41) is 21.7. The van der Waals surface area contributed by atoms with Crippen LogP contribution in [0, 0.1) is 20.2 Å². The van der Waals surface area contributed by atoms with Crippen molar-refractivity contribution >= 4 is 21.4 Å². The second-order valence-electron chi connectivity index (χ2n) is 5.19. The fourth-order valence-electron chi connectivity index (χ4n) is 2.06. The number of hydrogen-bond donors (Lipinski definition) is 1. The minimum absolute atomic E-state index is 0.177. The number of alkyl halides is 3. The number of sulfonamides is 1. The Kier molecular flexibility index (Phi) is 5.46. The molecule has 27 heavy (non-hydrogen) atoms. The van der Waals surface area contributed by atoms with Gasteiger partial charge in [-0.25, -0.2) is 13.1 Å². The fourth-order valence-corrected chi connectivity index (χ4v) is 3.23. The Balaban J connectivity index is 2.26. The molecule has 0 saturated heterocycles. The maximum absolute atomic E-state index is 12.5. The second-order valence-corrected chi connectivity index (χ2v) is 6.92. The van der Waals surface area contributed by atoms with E-state index in [2.05, 4.69) is 0 Å². The van der Waals surface area contributed by atoms with Crippen LogP contribution in [-0.4, -0.2) is 18.3 Å². The number of nitro benzene ring substituents is 2. The minimum atomic E-state index is -4.54. The predicted octanol–water partition coefficient (Wildman–Crippen LogP) is 3.00. The molecule has 0 fully saturated rings. The molecule has 0 aliphatic carbocycles. The fraction of sp³-hybridized carbons (Fsp3) is 0.143. The average Bonchev–Trinajstić information content (AvgIpc) is 2.59. The Bertz CT molecular complexity index is 990. The number of nitrogens with zero attached hydrogens (tertiary/aromatic N) is 2. The van der Waals surface area contributed by atoms with Crippen LogP contribution in [0.1, 0.15) is 11.1 Å². The molecule has 9 nitrogen and oxygen atoms in total. The molecule has 0 aromatic heterocycles. The molecular weight excluding hydrogens is 395 g/mol. The quantitative estimate of drug-likeness (QED) is 0.580. The summed E-state index contributed by atoms with van der Waals surface area (Å²) in [4.78, 5) is 18.9. The molecule has 0 heterocycles. The van der Waals surface area contributed by atoms with E-state index in [1.165, 1.54) is 0 Å². The minimum Gasteiger partial charge on any atom is -0.258 e. The van der Waals surface area contributed by atoms with Gasteiger partial charge >= 0.3 is 6.18 Å². The second kappa shape index (κ2) is 7.28. The molecule has 0 unspecified atom stereocenters. The third-order valence-corrected chi connectivity index (χ3v) is 4.84. The van der Waals surface area contributed by atoms with E-state index >= 15 is 0 Å². The molecular formula is C14H10F3N3O6S. The van der Waals surface area contributed by atoms with Gasteiger partial charge in [-0.15, -0.1) is 0 Å². The van der Waals surface area contributed by atoms with Gasteiger partial charge in [0.25, 0.3) is 11.4 Å². The van der Waals surface area contributed by atoms with Crippen molar-refractivity contribution in [2.24, 2.45) is 0 Å². The van der Waals surface area contributed by atoms with E-state index in [9.17, 15) is 41.8 Å². The lowest BCUT2D eigenvalue weighted by Crippen LogP contribution is -2.24.